The summed E-state index contributed by atoms with van der Waals surface area (Å²) in [7, 11) is 0. The van der Waals surface area contributed by atoms with Crippen molar-refractivity contribution in [3.8, 4) is 0 Å². The molecule has 1 aromatic rings. The van der Waals surface area contributed by atoms with E-state index < -0.39 is 5.97 Å². The fourth-order valence-electron chi connectivity index (χ4n) is 1.76. The highest BCUT2D eigenvalue weighted by atomic mass is 35.5. The molecule has 1 fully saturated rings. The van der Waals surface area contributed by atoms with Crippen LogP contribution in [-0.4, -0.2) is 25.3 Å². The first-order valence-corrected chi connectivity index (χ1v) is 5.88. The molecule has 1 unspecified atom stereocenters. The highest BCUT2D eigenvalue weighted by Crippen LogP contribution is 2.18. The lowest BCUT2D eigenvalue weighted by molar-refractivity contribution is 0.0161. The van der Waals surface area contributed by atoms with Gasteiger partial charge in [-0.3, -0.25) is 0 Å². The van der Waals surface area contributed by atoms with E-state index in [2.05, 4.69) is 0 Å². The third kappa shape index (κ3) is 3.35. The van der Waals surface area contributed by atoms with E-state index in [9.17, 15) is 4.79 Å². The number of nitrogen functional groups attached to an aromatic ring is 1. The summed E-state index contributed by atoms with van der Waals surface area (Å²) in [5, 5.41) is 0.425. The molecule has 5 heteroatoms. The maximum absolute atomic E-state index is 11.7. The summed E-state index contributed by atoms with van der Waals surface area (Å²) in [6.45, 7) is 1.03. The van der Waals surface area contributed by atoms with Gasteiger partial charge in [0.15, 0.2) is 0 Å². The summed E-state index contributed by atoms with van der Waals surface area (Å²) >= 11 is 5.81. The van der Waals surface area contributed by atoms with Gasteiger partial charge in [-0.05, 0) is 31.0 Å². The number of esters is 1. The predicted molar refractivity (Wildman–Crippen MR) is 65.1 cm³/mol. The highest BCUT2D eigenvalue weighted by molar-refractivity contribution is 6.31. The summed E-state index contributed by atoms with van der Waals surface area (Å²) in [5.74, 6) is -0.422. The molecule has 0 amide bonds. The van der Waals surface area contributed by atoms with Gasteiger partial charge in [0, 0.05) is 17.3 Å². The molecule has 1 atom stereocenters. The number of benzene rings is 1. The number of carbonyl (C=O) groups excluding carboxylic acids is 1. The van der Waals surface area contributed by atoms with Crippen LogP contribution in [-0.2, 0) is 9.47 Å². The molecule has 0 saturated carbocycles. The van der Waals surface area contributed by atoms with Crippen LogP contribution in [0.2, 0.25) is 5.02 Å². The number of hydrogen-bond acceptors (Lipinski definition) is 4. The van der Waals surface area contributed by atoms with Crippen LogP contribution in [0.1, 0.15) is 23.2 Å². The monoisotopic (exact) mass is 255 g/mol. The lowest BCUT2D eigenvalue weighted by Crippen LogP contribution is -2.17. The number of anilines is 1. The van der Waals surface area contributed by atoms with Gasteiger partial charge in [0.2, 0.25) is 0 Å². The average molecular weight is 256 g/mol. The summed E-state index contributed by atoms with van der Waals surface area (Å²) in [5.41, 5.74) is 6.41. The fraction of sp³-hybridized carbons (Fsp3) is 0.417. The molecule has 1 aliphatic rings. The van der Waals surface area contributed by atoms with Gasteiger partial charge in [-0.2, -0.15) is 0 Å². The molecule has 0 spiro atoms. The molecule has 0 aromatic heterocycles. The third-order valence-electron chi connectivity index (χ3n) is 2.58. The molecule has 2 rings (SSSR count). The van der Waals surface area contributed by atoms with Gasteiger partial charge in [-0.25, -0.2) is 4.79 Å². The van der Waals surface area contributed by atoms with Crippen LogP contribution in [0.4, 0.5) is 5.69 Å². The maximum atomic E-state index is 11.7. The normalized spacial score (nSPS) is 19.2. The smallest absolute Gasteiger partial charge is 0.338 e. The number of rotatable bonds is 3. The molecule has 1 aromatic carbocycles. The molecular formula is C12H14ClNO3. The highest BCUT2D eigenvalue weighted by Gasteiger charge is 2.18. The van der Waals surface area contributed by atoms with E-state index in [1.807, 2.05) is 0 Å². The van der Waals surface area contributed by atoms with Crippen LogP contribution in [0.5, 0.6) is 0 Å². The molecular weight excluding hydrogens is 242 g/mol. The first-order chi connectivity index (χ1) is 8.15. The SMILES string of the molecule is Nc1cc(Cl)cc(C(=O)OCC2CCCO2)c1. The maximum Gasteiger partial charge on any atom is 0.338 e. The van der Waals surface area contributed by atoms with Gasteiger partial charge in [0.1, 0.15) is 6.61 Å². The van der Waals surface area contributed by atoms with Crippen molar-refractivity contribution in [2.24, 2.45) is 0 Å². The Balaban J connectivity index is 1.94. The number of ether oxygens (including phenoxy) is 2. The van der Waals surface area contributed by atoms with Gasteiger partial charge >= 0.3 is 5.97 Å². The molecule has 17 heavy (non-hydrogen) atoms. The first kappa shape index (κ1) is 12.2. The largest absolute Gasteiger partial charge is 0.459 e. The quantitative estimate of drug-likeness (QED) is 0.665. The fourth-order valence-corrected chi connectivity index (χ4v) is 2.00. The average Bonchev–Trinajstić information content (AvgIpc) is 2.77. The third-order valence-corrected chi connectivity index (χ3v) is 2.80. The van der Waals surface area contributed by atoms with E-state index in [1.54, 1.807) is 12.1 Å². The Morgan fingerprint density at radius 2 is 2.35 bits per heavy atom. The number of carbonyl (C=O) groups is 1. The summed E-state index contributed by atoms with van der Waals surface area (Å²) in [4.78, 5) is 11.7. The minimum Gasteiger partial charge on any atom is -0.459 e. The van der Waals surface area contributed by atoms with Crippen molar-refractivity contribution in [2.45, 2.75) is 18.9 Å². The Kier molecular flexibility index (Phi) is 3.86. The van der Waals surface area contributed by atoms with Crippen LogP contribution >= 0.6 is 11.6 Å². The van der Waals surface area contributed by atoms with Crippen molar-refractivity contribution < 1.29 is 14.3 Å². The topological polar surface area (TPSA) is 61.6 Å². The molecule has 1 saturated heterocycles. The first-order valence-electron chi connectivity index (χ1n) is 5.50. The minimum atomic E-state index is -0.422. The number of halogens is 1. The van der Waals surface area contributed by atoms with Gasteiger partial charge in [0.05, 0.1) is 11.7 Å². The Labute approximate surface area is 105 Å². The second kappa shape index (κ2) is 5.38. The van der Waals surface area contributed by atoms with E-state index in [0.29, 0.717) is 16.3 Å². The van der Waals surface area contributed by atoms with Gasteiger partial charge in [0.25, 0.3) is 0 Å². The summed E-state index contributed by atoms with van der Waals surface area (Å²) in [6, 6.07) is 4.66. The van der Waals surface area contributed by atoms with E-state index in [1.165, 1.54) is 6.07 Å². The molecule has 2 N–H and O–H groups in total. The van der Waals surface area contributed by atoms with E-state index in [4.69, 9.17) is 26.8 Å². The van der Waals surface area contributed by atoms with Crippen LogP contribution in [0, 0.1) is 0 Å². The molecule has 1 heterocycles. The van der Waals surface area contributed by atoms with Crippen LogP contribution < -0.4 is 5.73 Å². The number of nitrogens with two attached hydrogens (primary N) is 1. The van der Waals surface area contributed by atoms with Gasteiger partial charge in [-0.1, -0.05) is 11.6 Å². The zero-order valence-electron chi connectivity index (χ0n) is 9.32. The van der Waals surface area contributed by atoms with Crippen molar-refractivity contribution in [1.82, 2.24) is 0 Å². The molecule has 0 bridgehead atoms. The molecule has 92 valence electrons. The van der Waals surface area contributed by atoms with E-state index >= 15 is 0 Å². The zero-order valence-corrected chi connectivity index (χ0v) is 10.1. The molecule has 4 nitrogen and oxygen atoms in total. The zero-order chi connectivity index (χ0) is 12.3. The Morgan fingerprint density at radius 1 is 1.53 bits per heavy atom. The van der Waals surface area contributed by atoms with Crippen LogP contribution in [0.25, 0.3) is 0 Å². The molecule has 0 aliphatic carbocycles. The molecule has 0 radical (unpaired) electrons. The lowest BCUT2D eigenvalue weighted by Gasteiger charge is -2.10. The van der Waals surface area contributed by atoms with Gasteiger partial charge < -0.3 is 15.2 Å². The van der Waals surface area contributed by atoms with Crippen molar-refractivity contribution in [2.75, 3.05) is 18.9 Å². The molecule has 1 aliphatic heterocycles. The van der Waals surface area contributed by atoms with Crippen molar-refractivity contribution >= 4 is 23.3 Å². The predicted octanol–water partition coefficient (Wildman–Crippen LogP) is 2.26. The second-order valence-corrected chi connectivity index (χ2v) is 4.44. The summed E-state index contributed by atoms with van der Waals surface area (Å²) < 4.78 is 10.5. The van der Waals surface area contributed by atoms with Crippen LogP contribution in [0.3, 0.4) is 0 Å². The standard InChI is InChI=1S/C12H14ClNO3/c13-9-4-8(5-10(14)6-9)12(15)17-7-11-2-1-3-16-11/h4-6,11H,1-3,7,14H2. The van der Waals surface area contributed by atoms with Crippen molar-refractivity contribution in [3.05, 3.63) is 28.8 Å². The lowest BCUT2D eigenvalue weighted by atomic mass is 10.2. The number of hydrogen-bond donors (Lipinski definition) is 1. The van der Waals surface area contributed by atoms with Crippen LogP contribution in [0.15, 0.2) is 18.2 Å². The van der Waals surface area contributed by atoms with E-state index in [0.717, 1.165) is 19.4 Å². The van der Waals surface area contributed by atoms with Gasteiger partial charge in [-0.15, -0.1) is 0 Å². The van der Waals surface area contributed by atoms with Crippen molar-refractivity contribution in [3.63, 3.8) is 0 Å². The Bertz CT molecular complexity index is 396. The Morgan fingerprint density at radius 3 is 3.00 bits per heavy atom. The summed E-state index contributed by atoms with van der Waals surface area (Å²) in [6.07, 6.45) is 1.98. The minimum absolute atomic E-state index is 0.0236. The van der Waals surface area contributed by atoms with E-state index in [-0.39, 0.29) is 12.7 Å². The van der Waals surface area contributed by atoms with Crippen molar-refractivity contribution in [1.29, 1.82) is 0 Å². The second-order valence-electron chi connectivity index (χ2n) is 4.01. The Hall–Kier alpha value is -1.26.